The predicted octanol–water partition coefficient (Wildman–Crippen LogP) is 5.85. The summed E-state index contributed by atoms with van der Waals surface area (Å²) in [5.74, 6) is -0.675. The van der Waals surface area contributed by atoms with Gasteiger partial charge in [0.2, 0.25) is 5.89 Å². The van der Waals surface area contributed by atoms with Gasteiger partial charge in [-0.25, -0.2) is 9.37 Å². The third kappa shape index (κ3) is 3.41. The number of aromatic nitrogens is 1. The molecule has 0 saturated carbocycles. The molecule has 6 heteroatoms. The van der Waals surface area contributed by atoms with Crippen molar-refractivity contribution in [1.82, 2.24) is 4.98 Å². The summed E-state index contributed by atoms with van der Waals surface area (Å²) in [5.41, 5.74) is 3.33. The fourth-order valence-electron chi connectivity index (χ4n) is 2.75. The molecular formula is C21H14ClFN2O2. The molecule has 4 nitrogen and oxygen atoms in total. The summed E-state index contributed by atoms with van der Waals surface area (Å²) in [7, 11) is 0. The van der Waals surface area contributed by atoms with Crippen LogP contribution in [0.15, 0.2) is 65.1 Å². The maximum Gasteiger partial charge on any atom is 0.258 e. The van der Waals surface area contributed by atoms with Gasteiger partial charge < -0.3 is 9.73 Å². The molecule has 0 bridgehead atoms. The van der Waals surface area contributed by atoms with Crippen LogP contribution in [0.25, 0.3) is 22.6 Å². The lowest BCUT2D eigenvalue weighted by molar-refractivity contribution is 0.102. The molecule has 4 aromatic rings. The number of hydrogen-bond acceptors (Lipinski definition) is 3. The van der Waals surface area contributed by atoms with Crippen LogP contribution >= 0.6 is 11.6 Å². The van der Waals surface area contributed by atoms with E-state index < -0.39 is 11.7 Å². The van der Waals surface area contributed by atoms with Crippen molar-refractivity contribution in [2.24, 2.45) is 0 Å². The number of nitrogens with one attached hydrogen (secondary N) is 1. The van der Waals surface area contributed by atoms with Crippen LogP contribution in [0.3, 0.4) is 0 Å². The highest BCUT2D eigenvalue weighted by atomic mass is 35.5. The highest BCUT2D eigenvalue weighted by molar-refractivity contribution is 6.31. The Balaban J connectivity index is 1.68. The summed E-state index contributed by atoms with van der Waals surface area (Å²) < 4.78 is 19.6. The summed E-state index contributed by atoms with van der Waals surface area (Å²) >= 11 is 5.99. The number of fused-ring (bicyclic) bond motifs is 1. The van der Waals surface area contributed by atoms with E-state index in [1.54, 1.807) is 30.3 Å². The van der Waals surface area contributed by atoms with Gasteiger partial charge in [-0.1, -0.05) is 29.8 Å². The van der Waals surface area contributed by atoms with Crippen molar-refractivity contribution >= 4 is 34.3 Å². The Hall–Kier alpha value is -3.18. The lowest BCUT2D eigenvalue weighted by atomic mass is 10.1. The fraction of sp³-hybridized carbons (Fsp3) is 0.0476. The second-order valence-corrected chi connectivity index (χ2v) is 6.53. The van der Waals surface area contributed by atoms with Crippen molar-refractivity contribution in [2.75, 3.05) is 5.32 Å². The normalized spacial score (nSPS) is 10.9. The Morgan fingerprint density at radius 3 is 2.74 bits per heavy atom. The number of carbonyl (C=O) groups excluding carboxylic acids is 1. The van der Waals surface area contributed by atoms with Gasteiger partial charge in [0.25, 0.3) is 5.91 Å². The van der Waals surface area contributed by atoms with Crippen molar-refractivity contribution < 1.29 is 13.6 Å². The summed E-state index contributed by atoms with van der Waals surface area (Å²) in [5, 5.41) is 3.32. The molecule has 0 saturated heterocycles. The number of amides is 1. The molecule has 0 aliphatic heterocycles. The fourth-order valence-corrected chi connectivity index (χ4v) is 2.92. The Morgan fingerprint density at radius 1 is 1.11 bits per heavy atom. The standard InChI is InChI=1S/C21H14ClFN2O2/c1-12-6-7-13(21-25-18-11-14(22)8-9-19(18)27-21)10-17(12)24-20(26)15-4-2-3-5-16(15)23/h2-11H,1H3,(H,24,26). The van der Waals surface area contributed by atoms with Crippen LogP contribution in [0, 0.1) is 12.7 Å². The van der Waals surface area contributed by atoms with Crippen LogP contribution in [-0.2, 0) is 0 Å². The monoisotopic (exact) mass is 380 g/mol. The number of oxazole rings is 1. The Labute approximate surface area is 159 Å². The van der Waals surface area contributed by atoms with Crippen LogP contribution in [-0.4, -0.2) is 10.9 Å². The van der Waals surface area contributed by atoms with Gasteiger partial charge in [0.15, 0.2) is 5.58 Å². The molecule has 1 aromatic heterocycles. The molecule has 0 fully saturated rings. The molecule has 1 N–H and O–H groups in total. The summed E-state index contributed by atoms with van der Waals surface area (Å²) in [6.45, 7) is 1.85. The zero-order chi connectivity index (χ0) is 19.0. The maximum absolute atomic E-state index is 13.8. The molecule has 0 spiro atoms. The number of anilines is 1. The SMILES string of the molecule is Cc1ccc(-c2nc3cc(Cl)ccc3o2)cc1NC(=O)c1ccccc1F. The predicted molar refractivity (Wildman–Crippen MR) is 104 cm³/mol. The van der Waals surface area contributed by atoms with Gasteiger partial charge in [-0.2, -0.15) is 0 Å². The van der Waals surface area contributed by atoms with Crippen LogP contribution < -0.4 is 5.32 Å². The molecule has 0 atom stereocenters. The minimum absolute atomic E-state index is 0.0150. The van der Waals surface area contributed by atoms with E-state index in [-0.39, 0.29) is 5.56 Å². The van der Waals surface area contributed by atoms with Gasteiger partial charge in [-0.3, -0.25) is 4.79 Å². The van der Waals surface area contributed by atoms with Crippen molar-refractivity contribution in [3.8, 4) is 11.5 Å². The molecule has 3 aromatic carbocycles. The van der Waals surface area contributed by atoms with Crippen molar-refractivity contribution in [2.45, 2.75) is 6.92 Å². The Bertz CT molecular complexity index is 1170. The molecule has 0 radical (unpaired) electrons. The first kappa shape index (κ1) is 17.2. The number of halogens is 2. The largest absolute Gasteiger partial charge is 0.436 e. The molecule has 0 unspecified atom stereocenters. The van der Waals surface area contributed by atoms with Crippen molar-refractivity contribution in [1.29, 1.82) is 0 Å². The molecule has 27 heavy (non-hydrogen) atoms. The first-order valence-electron chi connectivity index (χ1n) is 8.24. The topological polar surface area (TPSA) is 55.1 Å². The Morgan fingerprint density at radius 2 is 1.93 bits per heavy atom. The van der Waals surface area contributed by atoms with Crippen LogP contribution in [0.5, 0.6) is 0 Å². The van der Waals surface area contributed by atoms with E-state index in [1.807, 2.05) is 19.1 Å². The third-order valence-corrected chi connectivity index (χ3v) is 4.44. The number of aryl methyl sites for hydroxylation is 1. The molecule has 134 valence electrons. The summed E-state index contributed by atoms with van der Waals surface area (Å²) in [6, 6.07) is 16.5. The van der Waals surface area contributed by atoms with Gasteiger partial charge in [0, 0.05) is 16.3 Å². The van der Waals surface area contributed by atoms with E-state index in [9.17, 15) is 9.18 Å². The molecule has 1 amide bonds. The zero-order valence-corrected chi connectivity index (χ0v) is 15.0. The van der Waals surface area contributed by atoms with E-state index in [0.717, 1.165) is 5.56 Å². The minimum atomic E-state index is -0.570. The second-order valence-electron chi connectivity index (χ2n) is 6.09. The van der Waals surface area contributed by atoms with E-state index in [0.29, 0.717) is 33.3 Å². The smallest absolute Gasteiger partial charge is 0.258 e. The van der Waals surface area contributed by atoms with Crippen molar-refractivity contribution in [3.63, 3.8) is 0 Å². The summed E-state index contributed by atoms with van der Waals surface area (Å²) in [4.78, 5) is 16.9. The van der Waals surface area contributed by atoms with Gasteiger partial charge >= 0.3 is 0 Å². The van der Waals surface area contributed by atoms with Gasteiger partial charge in [0.05, 0.1) is 5.56 Å². The second kappa shape index (κ2) is 6.85. The highest BCUT2D eigenvalue weighted by Gasteiger charge is 2.14. The molecular weight excluding hydrogens is 367 g/mol. The number of hydrogen-bond donors (Lipinski definition) is 1. The van der Waals surface area contributed by atoms with Crippen LogP contribution in [0.2, 0.25) is 5.02 Å². The highest BCUT2D eigenvalue weighted by Crippen LogP contribution is 2.29. The lowest BCUT2D eigenvalue weighted by Crippen LogP contribution is -2.14. The first-order chi connectivity index (χ1) is 13.0. The first-order valence-corrected chi connectivity index (χ1v) is 8.62. The number of benzene rings is 3. The number of nitrogens with zero attached hydrogens (tertiary/aromatic N) is 1. The van der Waals surface area contributed by atoms with E-state index in [2.05, 4.69) is 10.3 Å². The van der Waals surface area contributed by atoms with Gasteiger partial charge in [-0.05, 0) is 55.0 Å². The maximum atomic E-state index is 13.8. The summed E-state index contributed by atoms with van der Waals surface area (Å²) in [6.07, 6.45) is 0. The van der Waals surface area contributed by atoms with E-state index in [1.165, 1.54) is 18.2 Å². The van der Waals surface area contributed by atoms with E-state index >= 15 is 0 Å². The average Bonchev–Trinajstić information content (AvgIpc) is 3.07. The average molecular weight is 381 g/mol. The molecule has 4 rings (SSSR count). The third-order valence-electron chi connectivity index (χ3n) is 4.20. The van der Waals surface area contributed by atoms with Crippen LogP contribution in [0.4, 0.5) is 10.1 Å². The Kier molecular flexibility index (Phi) is 4.38. The number of rotatable bonds is 3. The van der Waals surface area contributed by atoms with E-state index in [4.69, 9.17) is 16.0 Å². The van der Waals surface area contributed by atoms with Gasteiger partial charge in [0.1, 0.15) is 11.3 Å². The quantitative estimate of drug-likeness (QED) is 0.485. The van der Waals surface area contributed by atoms with Crippen LogP contribution in [0.1, 0.15) is 15.9 Å². The zero-order valence-electron chi connectivity index (χ0n) is 14.3. The lowest BCUT2D eigenvalue weighted by Gasteiger charge is -2.10. The molecule has 0 aliphatic carbocycles. The minimum Gasteiger partial charge on any atom is -0.436 e. The van der Waals surface area contributed by atoms with Crippen molar-refractivity contribution in [3.05, 3.63) is 82.6 Å². The van der Waals surface area contributed by atoms with Gasteiger partial charge in [-0.15, -0.1) is 0 Å². The molecule has 1 heterocycles. The number of carbonyl (C=O) groups is 1. The molecule has 0 aliphatic rings.